The van der Waals surface area contributed by atoms with Gasteiger partial charge in [0.2, 0.25) is 0 Å². The number of para-hydroxylation sites is 2. The first-order chi connectivity index (χ1) is 19.1. The van der Waals surface area contributed by atoms with Gasteiger partial charge in [0.1, 0.15) is 11.4 Å². The van der Waals surface area contributed by atoms with Crippen LogP contribution >= 0.6 is 0 Å². The summed E-state index contributed by atoms with van der Waals surface area (Å²) in [6.07, 6.45) is 0. The molecular weight excluding hydrogens is 494 g/mol. The number of hydrogen-bond donors (Lipinski definition) is 2. The summed E-state index contributed by atoms with van der Waals surface area (Å²) in [5, 5.41) is 6.15. The molecule has 0 saturated carbocycles. The van der Waals surface area contributed by atoms with Crippen molar-refractivity contribution in [1.29, 1.82) is 0 Å². The molecule has 0 unspecified atom stereocenters. The van der Waals surface area contributed by atoms with E-state index in [0.717, 1.165) is 5.56 Å². The molecule has 4 aromatic rings. The van der Waals surface area contributed by atoms with Crippen molar-refractivity contribution in [3.63, 3.8) is 0 Å². The van der Waals surface area contributed by atoms with Crippen molar-refractivity contribution in [2.24, 2.45) is 0 Å². The molecule has 0 atom stereocenters. The molecule has 1 fully saturated rings. The molecule has 0 radical (unpaired) electrons. The summed E-state index contributed by atoms with van der Waals surface area (Å²) in [4.78, 5) is 42.7. The maximum absolute atomic E-state index is 14.2. The molecule has 9 nitrogen and oxygen atoms in total. The maximum Gasteiger partial charge on any atom is 0.334 e. The molecule has 1 aliphatic rings. The zero-order chi connectivity index (χ0) is 27.2. The number of ether oxygens (including phenoxy) is 1. The van der Waals surface area contributed by atoms with Gasteiger partial charge < -0.3 is 20.3 Å². The average molecular weight is 526 g/mol. The molecule has 0 spiro atoms. The summed E-state index contributed by atoms with van der Waals surface area (Å²) in [6, 6.07) is 25.6. The number of hydrogen-bond acceptors (Lipinski definition) is 5. The number of nitrogens with zero attached hydrogens (tertiary/aromatic N) is 3. The van der Waals surface area contributed by atoms with Crippen LogP contribution in [0.4, 0.5) is 0 Å². The van der Waals surface area contributed by atoms with Gasteiger partial charge in [0.15, 0.2) is 0 Å². The lowest BCUT2D eigenvalue weighted by Gasteiger charge is -2.28. The summed E-state index contributed by atoms with van der Waals surface area (Å²) >= 11 is 0. The summed E-state index contributed by atoms with van der Waals surface area (Å²) in [5.74, 6) is 0.0362. The Bertz CT molecular complexity index is 1510. The first kappa shape index (κ1) is 26.0. The van der Waals surface area contributed by atoms with Crippen molar-refractivity contribution in [1.82, 2.24) is 24.7 Å². The van der Waals surface area contributed by atoms with Crippen LogP contribution in [0.15, 0.2) is 89.7 Å². The second-order valence-electron chi connectivity index (χ2n) is 9.17. The van der Waals surface area contributed by atoms with Gasteiger partial charge in [-0.15, -0.1) is 0 Å². The first-order valence-electron chi connectivity index (χ1n) is 13.0. The van der Waals surface area contributed by atoms with Crippen LogP contribution in [-0.4, -0.2) is 65.7 Å². The number of carbonyl (C=O) groups excluding carboxylic acids is 2. The lowest BCUT2D eigenvalue weighted by molar-refractivity contribution is 0.0725. The minimum Gasteiger partial charge on any atom is -0.495 e. The second kappa shape index (κ2) is 11.8. The zero-order valence-electron chi connectivity index (χ0n) is 21.8. The molecule has 5 rings (SSSR count). The van der Waals surface area contributed by atoms with Crippen molar-refractivity contribution in [2.75, 3.05) is 39.8 Å². The molecule has 2 amide bonds. The Morgan fingerprint density at radius 3 is 2.23 bits per heavy atom. The van der Waals surface area contributed by atoms with Crippen LogP contribution in [0, 0.1) is 0 Å². The predicted octanol–water partition coefficient (Wildman–Crippen LogP) is 2.79. The highest BCUT2D eigenvalue weighted by atomic mass is 16.5. The third-order valence-corrected chi connectivity index (χ3v) is 6.78. The van der Waals surface area contributed by atoms with E-state index in [-0.39, 0.29) is 36.3 Å². The number of methoxy groups -OCH3 is 1. The second-order valence-corrected chi connectivity index (χ2v) is 9.17. The highest BCUT2D eigenvalue weighted by molar-refractivity contribution is 5.99. The summed E-state index contributed by atoms with van der Waals surface area (Å²) in [5.41, 5.74) is 2.18. The van der Waals surface area contributed by atoms with Crippen molar-refractivity contribution in [2.45, 2.75) is 6.54 Å². The Labute approximate surface area is 226 Å². The third kappa shape index (κ3) is 5.35. The smallest absolute Gasteiger partial charge is 0.334 e. The summed E-state index contributed by atoms with van der Waals surface area (Å²) < 4.78 is 8.62. The normalized spacial score (nSPS) is 13.2. The standard InChI is InChI=1S/C30H31N5O4/c1-39-25-15-9-8-14-24(25)35-26(22-10-4-2-5-11-22)27(29(37)33-19-16-31-17-20-33)34(30(35)38)21-18-32-28(36)23-12-6-3-7-13-23/h2-15,31H,16-21H2,1H3,(H,32,36). The highest BCUT2D eigenvalue weighted by Gasteiger charge is 2.31. The summed E-state index contributed by atoms with van der Waals surface area (Å²) in [7, 11) is 1.55. The topological polar surface area (TPSA) is 97.6 Å². The molecule has 2 N–H and O–H groups in total. The number of aromatic nitrogens is 2. The van der Waals surface area contributed by atoms with Crippen LogP contribution in [0.1, 0.15) is 20.8 Å². The zero-order valence-corrected chi connectivity index (χ0v) is 21.8. The molecule has 1 saturated heterocycles. The number of imidazole rings is 1. The van der Waals surface area contributed by atoms with Gasteiger partial charge in [-0.25, -0.2) is 4.79 Å². The largest absolute Gasteiger partial charge is 0.495 e. The Kier molecular flexibility index (Phi) is 7.88. The van der Waals surface area contributed by atoms with Gasteiger partial charge in [-0.1, -0.05) is 60.7 Å². The van der Waals surface area contributed by atoms with Crippen molar-refractivity contribution < 1.29 is 14.3 Å². The molecule has 1 aliphatic heterocycles. The minimum atomic E-state index is -0.384. The molecule has 39 heavy (non-hydrogen) atoms. The molecule has 0 bridgehead atoms. The van der Waals surface area contributed by atoms with Gasteiger partial charge >= 0.3 is 5.69 Å². The van der Waals surface area contributed by atoms with E-state index in [0.29, 0.717) is 48.9 Å². The van der Waals surface area contributed by atoms with Crippen LogP contribution in [0.2, 0.25) is 0 Å². The van der Waals surface area contributed by atoms with Gasteiger partial charge in [-0.3, -0.25) is 18.7 Å². The van der Waals surface area contributed by atoms with Crippen molar-refractivity contribution in [3.05, 3.63) is 107 Å². The van der Waals surface area contributed by atoms with E-state index in [1.807, 2.05) is 48.5 Å². The number of nitrogens with one attached hydrogen (secondary N) is 2. The number of rotatable bonds is 8. The van der Waals surface area contributed by atoms with E-state index < -0.39 is 0 Å². The van der Waals surface area contributed by atoms with Crippen molar-refractivity contribution >= 4 is 11.8 Å². The molecule has 3 aromatic carbocycles. The van der Waals surface area contributed by atoms with Crippen LogP contribution in [0.3, 0.4) is 0 Å². The SMILES string of the molecule is COc1ccccc1-n1c(-c2ccccc2)c(C(=O)N2CCNCC2)n(CCNC(=O)c2ccccc2)c1=O. The van der Waals surface area contributed by atoms with E-state index in [9.17, 15) is 14.4 Å². The average Bonchev–Trinajstić information content (AvgIpc) is 3.29. The lowest BCUT2D eigenvalue weighted by atomic mass is 10.1. The number of benzene rings is 3. The third-order valence-electron chi connectivity index (χ3n) is 6.78. The molecule has 0 aliphatic carbocycles. The number of piperazine rings is 1. The van der Waals surface area contributed by atoms with Gasteiger partial charge in [-0.05, 0) is 24.3 Å². The molecule has 1 aromatic heterocycles. The van der Waals surface area contributed by atoms with E-state index in [1.54, 1.807) is 53.0 Å². The van der Waals surface area contributed by atoms with E-state index in [1.165, 1.54) is 4.57 Å². The van der Waals surface area contributed by atoms with Crippen LogP contribution in [0.5, 0.6) is 5.75 Å². The monoisotopic (exact) mass is 525 g/mol. The Hall–Kier alpha value is -4.63. The minimum absolute atomic E-state index is 0.118. The van der Waals surface area contributed by atoms with Gasteiger partial charge in [0, 0.05) is 50.4 Å². The Balaban J connectivity index is 1.64. The fraction of sp³-hybridized carbons (Fsp3) is 0.233. The fourth-order valence-corrected chi connectivity index (χ4v) is 4.86. The molecule has 9 heteroatoms. The summed E-state index contributed by atoms with van der Waals surface area (Å²) in [6.45, 7) is 2.71. The first-order valence-corrected chi connectivity index (χ1v) is 13.0. The van der Waals surface area contributed by atoms with Gasteiger partial charge in [0.05, 0.1) is 18.5 Å². The molecule has 2 heterocycles. The Morgan fingerprint density at radius 1 is 0.897 bits per heavy atom. The van der Waals surface area contributed by atoms with Gasteiger partial charge in [-0.2, -0.15) is 0 Å². The van der Waals surface area contributed by atoms with Crippen molar-refractivity contribution in [3.8, 4) is 22.7 Å². The predicted molar refractivity (Wildman–Crippen MR) is 150 cm³/mol. The molecule has 200 valence electrons. The Morgan fingerprint density at radius 2 is 1.54 bits per heavy atom. The van der Waals surface area contributed by atoms with E-state index >= 15 is 0 Å². The number of amides is 2. The van der Waals surface area contributed by atoms with Crippen LogP contribution in [0.25, 0.3) is 16.9 Å². The maximum atomic E-state index is 14.2. The fourth-order valence-electron chi connectivity index (χ4n) is 4.86. The van der Waals surface area contributed by atoms with E-state index in [2.05, 4.69) is 10.6 Å². The lowest BCUT2D eigenvalue weighted by Crippen LogP contribution is -2.47. The number of carbonyl (C=O) groups is 2. The highest BCUT2D eigenvalue weighted by Crippen LogP contribution is 2.31. The quantitative estimate of drug-likeness (QED) is 0.369. The van der Waals surface area contributed by atoms with Crippen LogP contribution in [-0.2, 0) is 6.54 Å². The molecular formula is C30H31N5O4. The van der Waals surface area contributed by atoms with Crippen LogP contribution < -0.4 is 21.1 Å². The van der Waals surface area contributed by atoms with E-state index in [4.69, 9.17) is 4.74 Å². The van der Waals surface area contributed by atoms with Gasteiger partial charge in [0.25, 0.3) is 11.8 Å².